The number of rotatable bonds is 28. The SMILES string of the molecule is Cc1c(-c2ccc(N3CCc4cccc(C(=O)Nc5nc6ccccc6s5)c4C3)nc2C(=O)O)cnn1CC12CC3(C)CC(C)(C1)CC(OCCN(C)C(=O)OC/C=C/c1ccc(O[C@@H]4C[C@H](C(=O)O)[C@@H](O)[C@H](O)[C@H]4O)c(NC(=O)CCCC(=O)CCCCCN4C(=O)C=CC4=O)c1)(C3)C2. The van der Waals surface area contributed by atoms with Crippen molar-refractivity contribution in [2.45, 2.75) is 160 Å². The molecule has 100 heavy (non-hydrogen) atoms. The predicted molar refractivity (Wildman–Crippen MR) is 370 cm³/mol. The lowest BCUT2D eigenvalue weighted by atomic mass is 9.39. The molecule has 0 radical (unpaired) electrons. The summed E-state index contributed by atoms with van der Waals surface area (Å²) >= 11 is 1.41. The molecule has 5 aliphatic carbocycles. The molecular weight excluding hydrogens is 1300 g/mol. The zero-order chi connectivity index (χ0) is 70.8. The van der Waals surface area contributed by atoms with Gasteiger partial charge >= 0.3 is 18.0 Å². The maximum atomic E-state index is 13.8. The summed E-state index contributed by atoms with van der Waals surface area (Å²) in [5.74, 6) is -4.97. The van der Waals surface area contributed by atoms with Gasteiger partial charge in [-0.05, 0) is 153 Å². The first kappa shape index (κ1) is 70.6. The predicted octanol–water partition coefficient (Wildman–Crippen LogP) is 9.39. The fourth-order valence-corrected chi connectivity index (χ4v) is 18.0. The minimum atomic E-state index is -1.83. The smallest absolute Gasteiger partial charge is 0.409 e. The van der Waals surface area contributed by atoms with Gasteiger partial charge in [-0.1, -0.05) is 68.0 Å². The minimum absolute atomic E-state index is 0.0140. The summed E-state index contributed by atoms with van der Waals surface area (Å²) < 4.78 is 21.7. The first-order chi connectivity index (χ1) is 47.8. The van der Waals surface area contributed by atoms with Crippen molar-refractivity contribution in [3.63, 3.8) is 0 Å². The van der Waals surface area contributed by atoms with Crippen molar-refractivity contribution in [2.24, 2.45) is 22.2 Å². The van der Waals surface area contributed by atoms with Gasteiger partial charge in [0.2, 0.25) is 5.91 Å². The number of carboxylic acids is 2. The monoisotopic (exact) mass is 1390 g/mol. The molecule has 13 rings (SSSR count). The van der Waals surface area contributed by atoms with E-state index in [-0.39, 0.29) is 115 Å². The van der Waals surface area contributed by atoms with Gasteiger partial charge < -0.3 is 54.9 Å². The number of fused-ring (bicyclic) bond motifs is 2. The second-order valence-electron chi connectivity index (χ2n) is 28.8. The number of Topliss-reactive ketones (excluding diaryl/α,β-unsaturated/α-hetero) is 1. The number of aromatic carboxylic acids is 1. The van der Waals surface area contributed by atoms with E-state index in [0.29, 0.717) is 78.5 Å². The summed E-state index contributed by atoms with van der Waals surface area (Å²) in [5, 5.41) is 63.5. The summed E-state index contributed by atoms with van der Waals surface area (Å²) in [6.45, 7) is 8.89. The summed E-state index contributed by atoms with van der Waals surface area (Å²) in [6.07, 6.45) is 8.51. The van der Waals surface area contributed by atoms with Crippen LogP contribution in [0.1, 0.15) is 147 Å². The van der Waals surface area contributed by atoms with Crippen LogP contribution in [-0.2, 0) is 53.0 Å². The van der Waals surface area contributed by atoms with Crippen molar-refractivity contribution >= 4 is 91.7 Å². The number of nitrogens with zero attached hydrogens (tertiary/aromatic N) is 7. The Bertz CT molecular complexity index is 4170. The largest absolute Gasteiger partial charge is 0.485 e. The van der Waals surface area contributed by atoms with Crippen molar-refractivity contribution in [2.75, 3.05) is 55.4 Å². The molecule has 7 atom stereocenters. The van der Waals surface area contributed by atoms with Gasteiger partial charge in [-0.2, -0.15) is 5.10 Å². The number of benzene rings is 3. The van der Waals surface area contributed by atoms with E-state index in [1.165, 1.54) is 34.5 Å². The minimum Gasteiger partial charge on any atom is -0.485 e. The second kappa shape index (κ2) is 29.2. The van der Waals surface area contributed by atoms with E-state index in [4.69, 9.17) is 24.3 Å². The third kappa shape index (κ3) is 15.5. The van der Waals surface area contributed by atoms with Gasteiger partial charge in [-0.15, -0.1) is 0 Å². The first-order valence-corrected chi connectivity index (χ1v) is 35.0. The summed E-state index contributed by atoms with van der Waals surface area (Å²) in [6, 6.07) is 21.8. The van der Waals surface area contributed by atoms with E-state index < -0.39 is 59.9 Å². The fourth-order valence-electron chi connectivity index (χ4n) is 17.1. The van der Waals surface area contributed by atoms with E-state index in [1.807, 2.05) is 65.0 Å². The van der Waals surface area contributed by atoms with Crippen LogP contribution in [0.3, 0.4) is 0 Å². The lowest BCUT2D eigenvalue weighted by molar-refractivity contribution is -0.248. The molecule has 5 amide bonds. The number of hydrogen-bond donors (Lipinski definition) is 7. The molecule has 0 spiro atoms. The van der Waals surface area contributed by atoms with Crippen molar-refractivity contribution < 1.29 is 78.1 Å². The van der Waals surface area contributed by atoms with Crippen LogP contribution in [0, 0.1) is 29.1 Å². The third-order valence-electron chi connectivity index (χ3n) is 20.7. The number of imide groups is 1. The van der Waals surface area contributed by atoms with Crippen LogP contribution >= 0.6 is 11.3 Å². The number of pyridine rings is 1. The topological polar surface area (TPSA) is 343 Å². The molecule has 2 unspecified atom stereocenters. The zero-order valence-electron chi connectivity index (χ0n) is 56.5. The number of nitrogens with one attached hydrogen (secondary N) is 2. The van der Waals surface area contributed by atoms with Gasteiger partial charge in [0.1, 0.15) is 42.3 Å². The number of thiazole rings is 1. The van der Waals surface area contributed by atoms with E-state index >= 15 is 0 Å². The van der Waals surface area contributed by atoms with Crippen molar-refractivity contribution in [1.82, 2.24) is 29.5 Å². The van der Waals surface area contributed by atoms with Gasteiger partial charge in [-0.3, -0.25) is 43.7 Å². The van der Waals surface area contributed by atoms with Gasteiger partial charge in [0.15, 0.2) is 10.8 Å². The number of hydrogen-bond acceptors (Lipinski definition) is 19. The molecular formula is C74H85N9O16S. The normalized spacial score (nSPS) is 25.2. The van der Waals surface area contributed by atoms with Gasteiger partial charge in [0.25, 0.3) is 17.7 Å². The summed E-state index contributed by atoms with van der Waals surface area (Å²) in [5.41, 5.74) is 5.11. The number of carboxylic acid groups (broad SMARTS) is 2. The number of para-hydroxylation sites is 1. The lowest BCUT2D eigenvalue weighted by Crippen LogP contribution is -2.64. The van der Waals surface area contributed by atoms with Gasteiger partial charge in [0, 0.05) is 100.0 Å². The number of aliphatic hydroxyl groups is 3. The van der Waals surface area contributed by atoms with Gasteiger partial charge in [0.05, 0.1) is 46.3 Å². The van der Waals surface area contributed by atoms with Crippen molar-refractivity contribution in [3.05, 3.63) is 131 Å². The summed E-state index contributed by atoms with van der Waals surface area (Å²) in [4.78, 5) is 116. The molecule has 7 aliphatic rings. The number of unbranched alkanes of at least 4 members (excludes halogenated alkanes) is 2. The number of ketones is 1. The van der Waals surface area contributed by atoms with Crippen LogP contribution < -0.4 is 20.3 Å². The van der Waals surface area contributed by atoms with E-state index in [0.717, 1.165) is 70.5 Å². The maximum Gasteiger partial charge on any atom is 0.409 e. The average Bonchev–Trinajstić information content (AvgIpc) is 0.742. The third-order valence-corrected chi connectivity index (χ3v) is 21.6. The number of anilines is 3. The van der Waals surface area contributed by atoms with Gasteiger partial charge in [-0.25, -0.2) is 19.6 Å². The highest BCUT2D eigenvalue weighted by Crippen LogP contribution is 2.72. The van der Waals surface area contributed by atoms with Crippen LogP contribution in [0.25, 0.3) is 27.4 Å². The first-order valence-electron chi connectivity index (χ1n) is 34.2. The zero-order valence-corrected chi connectivity index (χ0v) is 57.3. The van der Waals surface area contributed by atoms with Crippen LogP contribution in [0.5, 0.6) is 5.75 Å². The quantitative estimate of drug-likeness (QED) is 0.0177. The number of aliphatic hydroxyl groups excluding tert-OH is 3. The van der Waals surface area contributed by atoms with Crippen molar-refractivity contribution in [3.8, 4) is 16.9 Å². The molecule has 5 heterocycles. The maximum absolute atomic E-state index is 13.8. The lowest BCUT2D eigenvalue weighted by Gasteiger charge is -2.69. The number of carbonyl (C=O) groups excluding carboxylic acids is 6. The highest BCUT2D eigenvalue weighted by atomic mass is 32.1. The summed E-state index contributed by atoms with van der Waals surface area (Å²) in [7, 11) is 1.64. The Morgan fingerprint density at radius 3 is 2.31 bits per heavy atom. The van der Waals surface area contributed by atoms with E-state index in [1.54, 1.807) is 43.6 Å². The number of ether oxygens (including phenoxy) is 3. The van der Waals surface area contributed by atoms with Crippen LogP contribution in [-0.4, -0.2) is 172 Å². The Hall–Kier alpha value is -9.21. The molecule has 2 aliphatic heterocycles. The highest BCUT2D eigenvalue weighted by molar-refractivity contribution is 7.22. The Balaban J connectivity index is 0.645. The van der Waals surface area contributed by atoms with E-state index in [2.05, 4.69) is 29.5 Å². The Kier molecular flexibility index (Phi) is 20.6. The fraction of sp³-hybridized carbons (Fsp3) is 0.473. The number of amides is 5. The van der Waals surface area contributed by atoms with Crippen LogP contribution in [0.15, 0.2) is 97.2 Å². The highest BCUT2D eigenvalue weighted by Gasteiger charge is 2.66. The van der Waals surface area contributed by atoms with Crippen molar-refractivity contribution in [1.29, 1.82) is 0 Å². The molecule has 3 aromatic heterocycles. The van der Waals surface area contributed by atoms with Crippen LogP contribution in [0.4, 0.5) is 21.4 Å². The molecule has 0 saturated heterocycles. The molecule has 5 saturated carbocycles. The number of carbonyl (C=O) groups is 8. The number of aliphatic carboxylic acids is 1. The molecule has 5 fully saturated rings. The Labute approximate surface area is 582 Å². The molecule has 528 valence electrons. The molecule has 26 heteroatoms. The number of aromatic nitrogens is 4. The molecule has 3 aromatic carbocycles. The second-order valence-corrected chi connectivity index (χ2v) is 29.8. The Morgan fingerprint density at radius 2 is 1.56 bits per heavy atom. The molecule has 25 nitrogen and oxygen atoms in total. The molecule has 7 N–H and O–H groups in total. The van der Waals surface area contributed by atoms with E-state index in [9.17, 15) is 63.9 Å². The standard InChI is InChI=1S/C74H85N9O16S/c1-44-51(48-22-24-58(78-62(48)68(94)95)81-29-27-46-14-10-17-49(52(46)36-81)66(91)79-69-77-53-18-7-8-19-57(53)100-69)35-75-83(44)43-73-38-71(2)37-72(3,39-73)41-74(40-71,42-73)98-32-30-80(4)70(96)97-31-12-13-45-21-23-55(99-56-34-50(67(92)93)63(88)65(90)64(56)89)54(33-45)76-59(85)20-11-16-47(84)15-6-5-9-28-82-60(86)25-26-61(82)87/h7-8,10,12-14,17-19,21-26,33,35,50,56,63-65,88-90H,5-6,9,11,15-16,20,27-32,34,36-43H2,1-4H3,(H,76,85)(H,92,93)(H,94,95)(H,77,79,91)/b13-12+/t50-,56+,63+,64-,65-,71?,72?,73?,74?/m0/s1. The average molecular weight is 1390 g/mol. The van der Waals surface area contributed by atoms with Crippen LogP contribution in [0.2, 0.25) is 0 Å². The number of likely N-dealkylation sites (N-methyl/N-ethyl adjacent to an activating group) is 1. The Morgan fingerprint density at radius 1 is 0.800 bits per heavy atom. The molecule has 6 aromatic rings. The molecule has 4 bridgehead atoms.